The first kappa shape index (κ1) is 11.8. The zero-order chi connectivity index (χ0) is 11.3. The van der Waals surface area contributed by atoms with Crippen LogP contribution < -0.4 is 5.32 Å². The number of nitrogens with zero attached hydrogens (tertiary/aromatic N) is 1. The number of pyridine rings is 1. The Morgan fingerprint density at radius 3 is 2.80 bits per heavy atom. The molecule has 15 heavy (non-hydrogen) atoms. The number of amides is 1. The van der Waals surface area contributed by atoms with Crippen molar-refractivity contribution < 1.29 is 9.59 Å². The predicted octanol–water partition coefficient (Wildman–Crippen LogP) is 1.55. The smallest absolute Gasteiger partial charge is 0.220 e. The number of ketones is 1. The van der Waals surface area contributed by atoms with Crippen molar-refractivity contribution in [2.45, 2.75) is 13.3 Å². The molecule has 0 bridgehead atoms. The van der Waals surface area contributed by atoms with Crippen LogP contribution in [0.1, 0.15) is 23.8 Å². The molecule has 0 saturated carbocycles. The van der Waals surface area contributed by atoms with Crippen molar-refractivity contribution in [2.24, 2.45) is 0 Å². The van der Waals surface area contributed by atoms with E-state index in [-0.39, 0.29) is 18.2 Å². The minimum absolute atomic E-state index is 0.00384. The van der Waals surface area contributed by atoms with Gasteiger partial charge in [-0.2, -0.15) is 0 Å². The van der Waals surface area contributed by atoms with Gasteiger partial charge in [0.25, 0.3) is 0 Å². The van der Waals surface area contributed by atoms with Crippen LogP contribution >= 0.6 is 15.9 Å². The molecule has 5 heteroatoms. The molecule has 0 aliphatic carbocycles. The standard InChI is InChI=1S/C10H11BrN2O2/c1-2-10(15)12-6-8(14)7-4-3-5-9(11)13-7/h3-5H,2,6H2,1H3,(H,12,15). The van der Waals surface area contributed by atoms with Crippen molar-refractivity contribution in [1.29, 1.82) is 0 Å². The molecule has 0 aromatic carbocycles. The normalized spacial score (nSPS) is 9.73. The lowest BCUT2D eigenvalue weighted by molar-refractivity contribution is -0.120. The number of aromatic nitrogens is 1. The second kappa shape index (κ2) is 5.60. The van der Waals surface area contributed by atoms with Gasteiger partial charge in [-0.25, -0.2) is 4.98 Å². The van der Waals surface area contributed by atoms with E-state index in [1.807, 2.05) is 0 Å². The highest BCUT2D eigenvalue weighted by atomic mass is 79.9. The fraction of sp³-hybridized carbons (Fsp3) is 0.300. The molecule has 0 spiro atoms. The molecule has 80 valence electrons. The second-order valence-corrected chi connectivity index (χ2v) is 3.71. The van der Waals surface area contributed by atoms with Gasteiger partial charge >= 0.3 is 0 Å². The number of nitrogens with one attached hydrogen (secondary N) is 1. The third-order valence-corrected chi connectivity index (χ3v) is 2.21. The molecule has 0 fully saturated rings. The minimum Gasteiger partial charge on any atom is -0.349 e. The number of carbonyl (C=O) groups is 2. The van der Waals surface area contributed by atoms with Gasteiger partial charge in [0.15, 0.2) is 5.78 Å². The van der Waals surface area contributed by atoms with Crippen LogP contribution in [0.2, 0.25) is 0 Å². The van der Waals surface area contributed by atoms with Gasteiger partial charge in [0.2, 0.25) is 5.91 Å². The van der Waals surface area contributed by atoms with Crippen LogP contribution in [0.3, 0.4) is 0 Å². The summed E-state index contributed by atoms with van der Waals surface area (Å²) in [7, 11) is 0. The lowest BCUT2D eigenvalue weighted by Crippen LogP contribution is -2.29. The first-order valence-electron chi connectivity index (χ1n) is 4.56. The zero-order valence-electron chi connectivity index (χ0n) is 8.29. The van der Waals surface area contributed by atoms with Crippen molar-refractivity contribution in [3.05, 3.63) is 28.5 Å². The molecule has 1 amide bonds. The van der Waals surface area contributed by atoms with E-state index >= 15 is 0 Å². The fourth-order valence-corrected chi connectivity index (χ4v) is 1.30. The molecule has 0 atom stereocenters. The quantitative estimate of drug-likeness (QED) is 0.667. The summed E-state index contributed by atoms with van der Waals surface area (Å²) < 4.78 is 0.607. The number of hydrogen-bond donors (Lipinski definition) is 1. The molecule has 4 nitrogen and oxygen atoms in total. The Morgan fingerprint density at radius 1 is 1.47 bits per heavy atom. The number of hydrogen-bond acceptors (Lipinski definition) is 3. The fourth-order valence-electron chi connectivity index (χ4n) is 0.958. The average Bonchev–Trinajstić information content (AvgIpc) is 2.25. The highest BCUT2D eigenvalue weighted by molar-refractivity contribution is 9.10. The van der Waals surface area contributed by atoms with E-state index in [9.17, 15) is 9.59 Å². The van der Waals surface area contributed by atoms with Crippen molar-refractivity contribution >= 4 is 27.6 Å². The van der Waals surface area contributed by atoms with Gasteiger partial charge < -0.3 is 5.32 Å². The maximum atomic E-state index is 11.5. The molecule has 0 unspecified atom stereocenters. The Kier molecular flexibility index (Phi) is 4.42. The molecule has 1 N–H and O–H groups in total. The highest BCUT2D eigenvalue weighted by Gasteiger charge is 2.08. The maximum absolute atomic E-state index is 11.5. The lowest BCUT2D eigenvalue weighted by atomic mass is 10.2. The first-order chi connectivity index (χ1) is 7.13. The Bertz CT molecular complexity index is 379. The van der Waals surface area contributed by atoms with Crippen LogP contribution in [0, 0.1) is 0 Å². The molecule has 0 radical (unpaired) electrons. The average molecular weight is 271 g/mol. The van der Waals surface area contributed by atoms with Gasteiger partial charge in [0, 0.05) is 6.42 Å². The van der Waals surface area contributed by atoms with E-state index in [0.29, 0.717) is 16.7 Å². The molecular formula is C10H11BrN2O2. The molecule has 1 aromatic heterocycles. The van der Waals surface area contributed by atoms with Crippen LogP contribution in [0.5, 0.6) is 0 Å². The SMILES string of the molecule is CCC(=O)NCC(=O)c1cccc(Br)n1. The summed E-state index contributed by atoms with van der Waals surface area (Å²) in [6.07, 6.45) is 0.374. The summed E-state index contributed by atoms with van der Waals surface area (Å²) in [4.78, 5) is 26.4. The Balaban J connectivity index is 2.58. The van der Waals surface area contributed by atoms with Crippen LogP contribution in [0.4, 0.5) is 0 Å². The predicted molar refractivity (Wildman–Crippen MR) is 59.6 cm³/mol. The summed E-state index contributed by atoms with van der Waals surface area (Å²) in [6, 6.07) is 5.08. The number of carbonyl (C=O) groups excluding carboxylic acids is 2. The zero-order valence-corrected chi connectivity index (χ0v) is 9.87. The minimum atomic E-state index is -0.196. The van der Waals surface area contributed by atoms with Gasteiger partial charge in [-0.15, -0.1) is 0 Å². The third-order valence-electron chi connectivity index (χ3n) is 1.77. The van der Waals surface area contributed by atoms with E-state index in [2.05, 4.69) is 26.2 Å². The number of Topliss-reactive ketones (excluding diaryl/α,β-unsaturated/α-hetero) is 1. The summed E-state index contributed by atoms with van der Waals surface area (Å²) in [5.41, 5.74) is 0.348. The van der Waals surface area contributed by atoms with Crippen LogP contribution in [0.15, 0.2) is 22.8 Å². The maximum Gasteiger partial charge on any atom is 0.220 e. The Hall–Kier alpha value is -1.23. The summed E-state index contributed by atoms with van der Waals surface area (Å²) in [5, 5.41) is 2.51. The van der Waals surface area contributed by atoms with E-state index < -0.39 is 0 Å². The highest BCUT2D eigenvalue weighted by Crippen LogP contribution is 2.06. The lowest BCUT2D eigenvalue weighted by Gasteiger charge is -2.02. The van der Waals surface area contributed by atoms with E-state index in [1.165, 1.54) is 0 Å². The number of rotatable bonds is 4. The largest absolute Gasteiger partial charge is 0.349 e. The first-order valence-corrected chi connectivity index (χ1v) is 5.35. The van der Waals surface area contributed by atoms with E-state index in [1.54, 1.807) is 25.1 Å². The van der Waals surface area contributed by atoms with E-state index in [4.69, 9.17) is 0 Å². The summed E-state index contributed by atoms with van der Waals surface area (Å²) >= 11 is 3.17. The van der Waals surface area contributed by atoms with Crippen molar-refractivity contribution in [2.75, 3.05) is 6.54 Å². The molecular weight excluding hydrogens is 260 g/mol. The molecule has 0 saturated heterocycles. The van der Waals surface area contributed by atoms with Gasteiger partial charge in [-0.1, -0.05) is 13.0 Å². The molecule has 1 aromatic rings. The van der Waals surface area contributed by atoms with Crippen LogP contribution in [-0.4, -0.2) is 23.2 Å². The monoisotopic (exact) mass is 270 g/mol. The van der Waals surface area contributed by atoms with Crippen LogP contribution in [0.25, 0.3) is 0 Å². The van der Waals surface area contributed by atoms with Crippen molar-refractivity contribution in [3.63, 3.8) is 0 Å². The second-order valence-electron chi connectivity index (χ2n) is 2.90. The Morgan fingerprint density at radius 2 is 2.20 bits per heavy atom. The van der Waals surface area contributed by atoms with Gasteiger partial charge in [0.05, 0.1) is 6.54 Å². The van der Waals surface area contributed by atoms with Crippen molar-refractivity contribution in [1.82, 2.24) is 10.3 Å². The van der Waals surface area contributed by atoms with Gasteiger partial charge in [-0.3, -0.25) is 9.59 Å². The topological polar surface area (TPSA) is 59.1 Å². The summed E-state index contributed by atoms with van der Waals surface area (Å²) in [6.45, 7) is 1.73. The number of halogens is 1. The van der Waals surface area contributed by atoms with E-state index in [0.717, 1.165) is 0 Å². The summed E-state index contributed by atoms with van der Waals surface area (Å²) in [5.74, 6) is -0.337. The molecule has 0 aliphatic heterocycles. The van der Waals surface area contributed by atoms with Gasteiger partial charge in [-0.05, 0) is 28.1 Å². The molecule has 1 heterocycles. The van der Waals surface area contributed by atoms with Crippen LogP contribution in [-0.2, 0) is 4.79 Å². The van der Waals surface area contributed by atoms with Crippen molar-refractivity contribution in [3.8, 4) is 0 Å². The third kappa shape index (κ3) is 3.79. The molecule has 1 rings (SSSR count). The molecule has 0 aliphatic rings. The Labute approximate surface area is 96.2 Å². The van der Waals surface area contributed by atoms with Gasteiger partial charge in [0.1, 0.15) is 10.3 Å².